The number of hydrogen-bond acceptors (Lipinski definition) is 4. The second-order valence-electron chi connectivity index (χ2n) is 8.88. The lowest BCUT2D eigenvalue weighted by Crippen LogP contribution is -2.46. The van der Waals surface area contributed by atoms with Gasteiger partial charge in [0.2, 0.25) is 0 Å². The molecule has 0 unspecified atom stereocenters. The fourth-order valence-electron chi connectivity index (χ4n) is 4.73. The lowest BCUT2D eigenvalue weighted by atomic mass is 9.80. The number of imide groups is 1. The number of rotatable bonds is 6. The highest BCUT2D eigenvalue weighted by Gasteiger charge is 2.54. The molecule has 2 aromatic heterocycles. The van der Waals surface area contributed by atoms with Crippen LogP contribution in [0.3, 0.4) is 0 Å². The summed E-state index contributed by atoms with van der Waals surface area (Å²) >= 11 is 1.62. The zero-order valence-electron chi connectivity index (χ0n) is 18.1. The topological polar surface area (TPSA) is 71.4 Å². The number of hydrogen-bond donors (Lipinski definition) is 1. The molecule has 30 heavy (non-hydrogen) atoms. The van der Waals surface area contributed by atoms with Gasteiger partial charge in [0.1, 0.15) is 5.54 Å². The van der Waals surface area contributed by atoms with Crippen LogP contribution in [0, 0.1) is 19.8 Å². The molecule has 4 rings (SSSR count). The minimum absolute atomic E-state index is 0.194. The third-order valence-corrected chi connectivity index (χ3v) is 7.42. The van der Waals surface area contributed by atoms with E-state index >= 15 is 0 Å². The predicted molar refractivity (Wildman–Crippen MR) is 117 cm³/mol. The first-order valence-electron chi connectivity index (χ1n) is 10.7. The lowest BCUT2D eigenvalue weighted by Gasteiger charge is -2.31. The number of amides is 3. The maximum absolute atomic E-state index is 13.3. The second-order valence-corrected chi connectivity index (χ2v) is 9.88. The summed E-state index contributed by atoms with van der Waals surface area (Å²) < 4.78 is 2.15. The maximum atomic E-state index is 13.3. The van der Waals surface area contributed by atoms with Crippen LogP contribution in [0.25, 0.3) is 0 Å². The highest BCUT2D eigenvalue weighted by Crippen LogP contribution is 2.42. The first kappa shape index (κ1) is 20.8. The quantitative estimate of drug-likeness (QED) is 0.555. The van der Waals surface area contributed by atoms with E-state index in [4.69, 9.17) is 0 Å². The Kier molecular flexibility index (Phi) is 5.34. The number of ketones is 1. The molecule has 1 aliphatic heterocycles. The summed E-state index contributed by atoms with van der Waals surface area (Å²) in [5.74, 6) is 0.0829. The minimum Gasteiger partial charge on any atom is -0.348 e. The molecule has 2 aliphatic rings. The number of nitrogens with zero attached hydrogens (tertiary/aromatic N) is 2. The molecule has 1 aliphatic carbocycles. The number of fused-ring (bicyclic) bond motifs is 2. The van der Waals surface area contributed by atoms with Crippen molar-refractivity contribution in [3.8, 4) is 0 Å². The van der Waals surface area contributed by atoms with Gasteiger partial charge in [-0.15, -0.1) is 11.3 Å². The molecular formula is C23H29N3O3S. The molecule has 7 heteroatoms. The number of carbonyl (C=O) groups is 3. The number of aromatic nitrogens is 1. The molecule has 0 radical (unpaired) electrons. The van der Waals surface area contributed by atoms with Crippen LogP contribution in [0.5, 0.6) is 0 Å². The van der Waals surface area contributed by atoms with E-state index in [1.807, 2.05) is 31.4 Å². The molecule has 1 saturated heterocycles. The Morgan fingerprint density at radius 3 is 2.80 bits per heavy atom. The van der Waals surface area contributed by atoms with E-state index in [1.165, 1.54) is 0 Å². The molecule has 0 aromatic carbocycles. The molecule has 1 spiro atoms. The van der Waals surface area contributed by atoms with Crippen molar-refractivity contribution >= 4 is 29.1 Å². The Bertz CT molecular complexity index is 1020. The molecule has 2 aromatic rings. The van der Waals surface area contributed by atoms with Gasteiger partial charge in [-0.1, -0.05) is 13.8 Å². The van der Waals surface area contributed by atoms with Crippen LogP contribution in [0.2, 0.25) is 0 Å². The summed E-state index contributed by atoms with van der Waals surface area (Å²) in [6, 6.07) is 3.34. The average Bonchev–Trinajstić information content (AvgIpc) is 3.34. The molecule has 3 amide bonds. The monoisotopic (exact) mass is 427 g/mol. The van der Waals surface area contributed by atoms with E-state index in [1.54, 1.807) is 11.3 Å². The number of carbonyl (C=O) groups excluding carboxylic acids is 3. The first-order valence-corrected chi connectivity index (χ1v) is 11.5. The smallest absolute Gasteiger partial charge is 0.325 e. The van der Waals surface area contributed by atoms with Gasteiger partial charge in [0.05, 0.1) is 6.54 Å². The molecule has 3 heterocycles. The Labute approximate surface area is 181 Å². The third-order valence-electron chi connectivity index (χ3n) is 6.44. The predicted octanol–water partition coefficient (Wildman–Crippen LogP) is 4.18. The van der Waals surface area contributed by atoms with Gasteiger partial charge >= 0.3 is 6.03 Å². The largest absolute Gasteiger partial charge is 0.348 e. The Morgan fingerprint density at radius 2 is 2.07 bits per heavy atom. The average molecular weight is 428 g/mol. The highest BCUT2D eigenvalue weighted by atomic mass is 32.1. The van der Waals surface area contributed by atoms with Crippen LogP contribution in [-0.2, 0) is 23.3 Å². The van der Waals surface area contributed by atoms with Gasteiger partial charge in [-0.25, -0.2) is 4.79 Å². The van der Waals surface area contributed by atoms with E-state index < -0.39 is 11.6 Å². The molecule has 0 bridgehead atoms. The van der Waals surface area contributed by atoms with Crippen molar-refractivity contribution in [2.75, 3.05) is 6.54 Å². The van der Waals surface area contributed by atoms with Crippen molar-refractivity contribution in [2.24, 2.45) is 5.92 Å². The van der Waals surface area contributed by atoms with Crippen LogP contribution in [0.1, 0.15) is 65.3 Å². The molecular weight excluding hydrogens is 398 g/mol. The Balaban J connectivity index is 1.56. The zero-order valence-corrected chi connectivity index (χ0v) is 18.9. The molecule has 1 fully saturated rings. The van der Waals surface area contributed by atoms with Gasteiger partial charge in [-0.05, 0) is 63.0 Å². The fourth-order valence-corrected chi connectivity index (χ4v) is 5.73. The third kappa shape index (κ3) is 3.29. The number of nitrogens with one attached hydrogen (secondary N) is 1. The fraction of sp³-hybridized carbons (Fsp3) is 0.522. The summed E-state index contributed by atoms with van der Waals surface area (Å²) in [5, 5.41) is 4.89. The van der Waals surface area contributed by atoms with Crippen molar-refractivity contribution in [2.45, 2.75) is 65.5 Å². The van der Waals surface area contributed by atoms with E-state index in [9.17, 15) is 14.4 Å². The number of urea groups is 1. The molecule has 1 N–H and O–H groups in total. The molecule has 160 valence electrons. The summed E-state index contributed by atoms with van der Waals surface area (Å²) in [4.78, 5) is 41.4. The number of aryl methyl sites for hydroxylation is 2. The van der Waals surface area contributed by atoms with Crippen LogP contribution in [0.4, 0.5) is 4.79 Å². The molecule has 0 saturated carbocycles. The Hall–Kier alpha value is -2.41. The van der Waals surface area contributed by atoms with Crippen molar-refractivity contribution in [1.82, 2.24) is 14.8 Å². The van der Waals surface area contributed by atoms with Crippen LogP contribution in [0.15, 0.2) is 17.5 Å². The second kappa shape index (κ2) is 7.69. The van der Waals surface area contributed by atoms with Gasteiger partial charge in [-0.3, -0.25) is 14.5 Å². The SMILES string of the molecule is Cc1cc(C(=O)CN2C(=O)N[C@@]3(CCCc4sccc43)C2=O)c(C)n1CCC(C)C. The van der Waals surface area contributed by atoms with Gasteiger partial charge < -0.3 is 9.88 Å². The van der Waals surface area contributed by atoms with E-state index in [-0.39, 0.29) is 18.2 Å². The lowest BCUT2D eigenvalue weighted by molar-refractivity contribution is -0.131. The van der Waals surface area contributed by atoms with E-state index in [0.717, 1.165) is 52.5 Å². The highest BCUT2D eigenvalue weighted by molar-refractivity contribution is 7.10. The minimum atomic E-state index is -1.00. The number of thiophene rings is 1. The summed E-state index contributed by atoms with van der Waals surface area (Å²) in [7, 11) is 0. The van der Waals surface area contributed by atoms with Gasteiger partial charge in [0.15, 0.2) is 5.78 Å². The van der Waals surface area contributed by atoms with E-state index in [2.05, 4.69) is 23.7 Å². The van der Waals surface area contributed by atoms with Crippen LogP contribution < -0.4 is 5.32 Å². The van der Waals surface area contributed by atoms with Gasteiger partial charge in [0.25, 0.3) is 5.91 Å². The summed E-state index contributed by atoms with van der Waals surface area (Å²) in [6.07, 6.45) is 3.38. The van der Waals surface area contributed by atoms with Gasteiger partial charge in [-0.2, -0.15) is 0 Å². The summed E-state index contributed by atoms with van der Waals surface area (Å²) in [5.41, 5.74) is 2.42. The first-order chi connectivity index (χ1) is 14.2. The van der Waals surface area contributed by atoms with E-state index in [0.29, 0.717) is 17.9 Å². The Morgan fingerprint density at radius 1 is 1.30 bits per heavy atom. The van der Waals surface area contributed by atoms with Crippen LogP contribution in [-0.4, -0.2) is 33.7 Å². The van der Waals surface area contributed by atoms with Crippen molar-refractivity contribution < 1.29 is 14.4 Å². The van der Waals surface area contributed by atoms with Gasteiger partial charge in [0, 0.05) is 33.9 Å². The number of Topliss-reactive ketones (excluding diaryl/α,β-unsaturated/α-hetero) is 1. The zero-order chi connectivity index (χ0) is 21.6. The summed E-state index contributed by atoms with van der Waals surface area (Å²) in [6.45, 7) is 8.92. The van der Waals surface area contributed by atoms with Crippen molar-refractivity contribution in [3.63, 3.8) is 0 Å². The normalized spacial score (nSPS) is 20.9. The van der Waals surface area contributed by atoms with Crippen LogP contribution >= 0.6 is 11.3 Å². The van der Waals surface area contributed by atoms with Crippen molar-refractivity contribution in [3.05, 3.63) is 44.9 Å². The molecule has 6 nitrogen and oxygen atoms in total. The van der Waals surface area contributed by atoms with Crippen molar-refractivity contribution in [1.29, 1.82) is 0 Å². The maximum Gasteiger partial charge on any atom is 0.325 e. The molecule has 1 atom stereocenters. The standard InChI is InChI=1S/C23H29N3O3S/c1-14(2)7-10-25-15(3)12-17(16(25)4)19(27)13-26-21(28)23(24-22(26)29)9-5-6-20-18(23)8-11-30-20/h8,11-12,14H,5-7,9-10,13H2,1-4H3,(H,24,29)/t23-/m1/s1.